The molecule has 0 spiro atoms. The smallest absolute Gasteiger partial charge is 0.290 e. The summed E-state index contributed by atoms with van der Waals surface area (Å²) in [7, 11) is 0. The Morgan fingerprint density at radius 3 is 2.59 bits per heavy atom. The zero-order valence-corrected chi connectivity index (χ0v) is 15.5. The van der Waals surface area contributed by atoms with Crippen LogP contribution in [0.15, 0.2) is 42.7 Å². The number of benzene rings is 1. The van der Waals surface area contributed by atoms with Crippen molar-refractivity contribution in [3.63, 3.8) is 0 Å². The van der Waals surface area contributed by atoms with Crippen molar-refractivity contribution in [3.05, 3.63) is 48.3 Å². The van der Waals surface area contributed by atoms with E-state index in [1.165, 1.54) is 0 Å². The molecule has 1 aromatic carbocycles. The van der Waals surface area contributed by atoms with Crippen molar-refractivity contribution in [2.75, 3.05) is 13.1 Å². The topological polar surface area (TPSA) is 95.7 Å². The highest BCUT2D eigenvalue weighted by molar-refractivity contribution is 5.94. The zero-order chi connectivity index (χ0) is 19.8. The first-order chi connectivity index (χ1) is 13.0. The van der Waals surface area contributed by atoms with Crippen LogP contribution in [-0.4, -0.2) is 62.1 Å². The number of piperazine rings is 1. The second kappa shape index (κ2) is 9.51. The highest BCUT2D eigenvalue weighted by Crippen LogP contribution is 2.20. The van der Waals surface area contributed by atoms with Crippen LogP contribution in [0, 0.1) is 0 Å². The van der Waals surface area contributed by atoms with Gasteiger partial charge in [0.15, 0.2) is 0 Å². The van der Waals surface area contributed by atoms with Gasteiger partial charge in [-0.15, -0.1) is 0 Å². The molecule has 1 atom stereocenters. The van der Waals surface area contributed by atoms with Gasteiger partial charge in [-0.1, -0.05) is 25.1 Å². The summed E-state index contributed by atoms with van der Waals surface area (Å²) in [4.78, 5) is 36.7. The van der Waals surface area contributed by atoms with Crippen molar-refractivity contribution in [2.24, 2.45) is 0 Å². The van der Waals surface area contributed by atoms with Gasteiger partial charge in [0, 0.05) is 25.5 Å². The summed E-state index contributed by atoms with van der Waals surface area (Å²) in [6.07, 6.45) is 4.44. The molecule has 27 heavy (non-hydrogen) atoms. The van der Waals surface area contributed by atoms with Crippen LogP contribution in [0.3, 0.4) is 0 Å². The van der Waals surface area contributed by atoms with Crippen LogP contribution >= 0.6 is 0 Å². The number of carbonyl (C=O) groups is 3. The predicted molar refractivity (Wildman–Crippen MR) is 99.1 cm³/mol. The van der Waals surface area contributed by atoms with Crippen LogP contribution < -0.4 is 0 Å². The maximum Gasteiger partial charge on any atom is 0.290 e. The molecular weight excluding hydrogens is 348 g/mol. The first kappa shape index (κ1) is 20.2. The van der Waals surface area contributed by atoms with Crippen LogP contribution in [0.4, 0.5) is 0 Å². The van der Waals surface area contributed by atoms with E-state index in [1.807, 2.05) is 43.5 Å². The summed E-state index contributed by atoms with van der Waals surface area (Å²) < 4.78 is 1.78. The van der Waals surface area contributed by atoms with Crippen molar-refractivity contribution in [1.29, 1.82) is 0 Å². The summed E-state index contributed by atoms with van der Waals surface area (Å²) in [5.74, 6) is 0.0128. The number of amides is 2. The SMILES string of the molecule is CCCN1CC(=O)N(Cc2ccccc2-n2cccn2)[C@@H](C)C1=O.O=CO. The summed E-state index contributed by atoms with van der Waals surface area (Å²) >= 11 is 0. The predicted octanol–water partition coefficient (Wildman–Crippen LogP) is 1.54. The Morgan fingerprint density at radius 1 is 1.26 bits per heavy atom. The van der Waals surface area contributed by atoms with E-state index in [1.54, 1.807) is 27.6 Å². The molecule has 0 aliphatic carbocycles. The summed E-state index contributed by atoms with van der Waals surface area (Å²) in [6, 6.07) is 9.23. The maximum absolute atomic E-state index is 12.5. The van der Waals surface area contributed by atoms with Gasteiger partial charge in [-0.05, 0) is 31.0 Å². The molecule has 0 saturated carbocycles. The summed E-state index contributed by atoms with van der Waals surface area (Å²) in [6.45, 7) is 4.77. The molecule has 8 nitrogen and oxygen atoms in total. The van der Waals surface area contributed by atoms with Gasteiger partial charge >= 0.3 is 0 Å². The van der Waals surface area contributed by atoms with Crippen LogP contribution in [0.2, 0.25) is 0 Å². The molecule has 2 heterocycles. The van der Waals surface area contributed by atoms with E-state index < -0.39 is 6.04 Å². The van der Waals surface area contributed by atoms with Gasteiger partial charge in [0.25, 0.3) is 6.47 Å². The fourth-order valence-corrected chi connectivity index (χ4v) is 3.09. The van der Waals surface area contributed by atoms with Gasteiger partial charge < -0.3 is 14.9 Å². The normalized spacial score (nSPS) is 16.7. The molecule has 1 fully saturated rings. The molecule has 1 aliphatic heterocycles. The third-order valence-corrected chi connectivity index (χ3v) is 4.36. The Kier molecular flexibility index (Phi) is 7.10. The Hall–Kier alpha value is -3.16. The minimum Gasteiger partial charge on any atom is -0.483 e. The number of hydrogen-bond donors (Lipinski definition) is 1. The van der Waals surface area contributed by atoms with Crippen molar-refractivity contribution >= 4 is 18.3 Å². The lowest BCUT2D eigenvalue weighted by Crippen LogP contribution is -2.58. The Balaban J connectivity index is 0.000000817. The number of carboxylic acid groups (broad SMARTS) is 1. The molecule has 1 N–H and O–H groups in total. The Bertz CT molecular complexity index is 776. The summed E-state index contributed by atoms with van der Waals surface area (Å²) in [5.41, 5.74) is 1.89. The second-order valence-electron chi connectivity index (χ2n) is 6.14. The lowest BCUT2D eigenvalue weighted by atomic mass is 10.1. The van der Waals surface area contributed by atoms with Gasteiger partial charge in [0.05, 0.1) is 12.2 Å². The van der Waals surface area contributed by atoms with E-state index >= 15 is 0 Å². The molecule has 8 heteroatoms. The van der Waals surface area contributed by atoms with Crippen molar-refractivity contribution in [3.8, 4) is 5.69 Å². The molecule has 1 aliphatic rings. The van der Waals surface area contributed by atoms with Gasteiger partial charge in [0.2, 0.25) is 11.8 Å². The molecule has 2 aromatic rings. The standard InChI is InChI=1S/C18H22N4O2.CH2O2/c1-3-10-20-13-17(23)21(14(2)18(20)24)12-15-7-4-5-8-16(15)22-11-6-9-19-22;2-1-3/h4-9,11,14H,3,10,12-13H2,1-2H3;1H,(H,2,3)/t14-;/m0./s1. The molecule has 0 radical (unpaired) electrons. The third kappa shape index (κ3) is 4.72. The van der Waals surface area contributed by atoms with Crippen LogP contribution in [0.1, 0.15) is 25.8 Å². The van der Waals surface area contributed by atoms with Gasteiger partial charge in [-0.2, -0.15) is 5.10 Å². The average Bonchev–Trinajstić information content (AvgIpc) is 3.19. The fraction of sp³-hybridized carbons (Fsp3) is 0.368. The molecule has 0 bridgehead atoms. The summed E-state index contributed by atoms with van der Waals surface area (Å²) in [5, 5.41) is 11.2. The number of aromatic nitrogens is 2. The number of nitrogens with zero attached hydrogens (tertiary/aromatic N) is 4. The van der Waals surface area contributed by atoms with E-state index in [-0.39, 0.29) is 24.8 Å². The lowest BCUT2D eigenvalue weighted by molar-refractivity contribution is -0.155. The minimum atomic E-state index is -0.441. The van der Waals surface area contributed by atoms with Crippen LogP contribution in [-0.2, 0) is 20.9 Å². The minimum absolute atomic E-state index is 0.00850. The highest BCUT2D eigenvalue weighted by Gasteiger charge is 2.36. The van der Waals surface area contributed by atoms with Crippen molar-refractivity contribution in [1.82, 2.24) is 19.6 Å². The van der Waals surface area contributed by atoms with E-state index in [2.05, 4.69) is 5.10 Å². The number of hydrogen-bond acceptors (Lipinski definition) is 4. The second-order valence-corrected chi connectivity index (χ2v) is 6.14. The monoisotopic (exact) mass is 372 g/mol. The highest BCUT2D eigenvalue weighted by atomic mass is 16.3. The van der Waals surface area contributed by atoms with Crippen molar-refractivity contribution < 1.29 is 19.5 Å². The van der Waals surface area contributed by atoms with Gasteiger partial charge in [-0.3, -0.25) is 14.4 Å². The van der Waals surface area contributed by atoms with Crippen LogP contribution in [0.5, 0.6) is 0 Å². The molecular formula is C19H24N4O4. The quantitative estimate of drug-likeness (QED) is 0.803. The molecule has 3 rings (SSSR count). The first-order valence-electron chi connectivity index (χ1n) is 8.77. The largest absolute Gasteiger partial charge is 0.483 e. The molecule has 1 saturated heterocycles. The Morgan fingerprint density at radius 2 is 1.96 bits per heavy atom. The van der Waals surface area contributed by atoms with E-state index in [9.17, 15) is 9.59 Å². The molecule has 2 amide bonds. The molecule has 144 valence electrons. The number of para-hydroxylation sites is 1. The third-order valence-electron chi connectivity index (χ3n) is 4.36. The number of carbonyl (C=O) groups excluding carboxylic acids is 2. The molecule has 1 aromatic heterocycles. The van der Waals surface area contributed by atoms with E-state index in [0.717, 1.165) is 17.7 Å². The van der Waals surface area contributed by atoms with E-state index in [0.29, 0.717) is 13.1 Å². The number of rotatable bonds is 5. The lowest BCUT2D eigenvalue weighted by Gasteiger charge is -2.39. The first-order valence-corrected chi connectivity index (χ1v) is 8.77. The zero-order valence-electron chi connectivity index (χ0n) is 15.5. The average molecular weight is 372 g/mol. The maximum atomic E-state index is 12.5. The fourth-order valence-electron chi connectivity index (χ4n) is 3.09. The van der Waals surface area contributed by atoms with E-state index in [4.69, 9.17) is 9.90 Å². The molecule has 0 unspecified atom stereocenters. The Labute approximate surface area is 158 Å². The van der Waals surface area contributed by atoms with Gasteiger partial charge in [-0.25, -0.2) is 4.68 Å². The van der Waals surface area contributed by atoms with Crippen molar-refractivity contribution in [2.45, 2.75) is 32.9 Å². The van der Waals surface area contributed by atoms with Gasteiger partial charge in [0.1, 0.15) is 6.04 Å². The van der Waals surface area contributed by atoms with Crippen LogP contribution in [0.25, 0.3) is 5.69 Å².